The maximum atomic E-state index is 11.9. The highest BCUT2D eigenvalue weighted by Gasteiger charge is 2.20. The summed E-state index contributed by atoms with van der Waals surface area (Å²) in [6, 6.07) is 3.23. The second-order valence-electron chi connectivity index (χ2n) is 4.29. The van der Waals surface area contributed by atoms with Gasteiger partial charge in [0.05, 0.1) is 3.79 Å². The highest BCUT2D eigenvalue weighted by molar-refractivity contribution is 9.11. The first-order valence-electron chi connectivity index (χ1n) is 6.02. The first-order valence-corrected chi connectivity index (χ1v) is 9.11. The predicted molar refractivity (Wildman–Crippen MR) is 77.6 cm³/mol. The molecular weight excluding hydrogens is 352 g/mol. The van der Waals surface area contributed by atoms with Gasteiger partial charge in [-0.15, -0.1) is 11.3 Å². The molecule has 1 saturated heterocycles. The zero-order valence-corrected chi connectivity index (χ0v) is 13.5. The van der Waals surface area contributed by atoms with Crippen molar-refractivity contribution in [3.63, 3.8) is 0 Å². The van der Waals surface area contributed by atoms with Crippen molar-refractivity contribution in [3.05, 3.63) is 15.9 Å². The van der Waals surface area contributed by atoms with E-state index in [9.17, 15) is 13.2 Å². The van der Waals surface area contributed by atoms with Gasteiger partial charge < -0.3 is 4.90 Å². The fourth-order valence-electron chi connectivity index (χ4n) is 1.93. The summed E-state index contributed by atoms with van der Waals surface area (Å²) in [4.78, 5) is 13.5. The average molecular weight is 367 g/mol. The molecule has 1 N–H and O–H groups in total. The summed E-state index contributed by atoms with van der Waals surface area (Å²) in [5.74, 6) is 0.0209. The van der Waals surface area contributed by atoms with Crippen LogP contribution in [0.25, 0.3) is 0 Å². The molecule has 2 heterocycles. The molecule has 1 aromatic heterocycles. The largest absolute Gasteiger partial charge is 0.343 e. The van der Waals surface area contributed by atoms with Crippen molar-refractivity contribution >= 4 is 43.2 Å². The molecule has 19 heavy (non-hydrogen) atoms. The summed E-state index contributed by atoms with van der Waals surface area (Å²) < 4.78 is 27.3. The molecule has 1 aromatic rings. The minimum Gasteiger partial charge on any atom is -0.343 e. The zero-order chi connectivity index (χ0) is 13.9. The van der Waals surface area contributed by atoms with Crippen LogP contribution in [0, 0.1) is 0 Å². The fraction of sp³-hybridized carbons (Fsp3) is 0.545. The summed E-state index contributed by atoms with van der Waals surface area (Å²) in [5, 5.41) is 0. The fourth-order valence-corrected chi connectivity index (χ4v) is 5.02. The highest BCUT2D eigenvalue weighted by Crippen LogP contribution is 2.25. The molecular formula is C11H15BrN2O3S2. The van der Waals surface area contributed by atoms with Gasteiger partial charge in [0, 0.05) is 26.1 Å². The Balaban J connectivity index is 1.83. The van der Waals surface area contributed by atoms with Crippen LogP contribution in [0.1, 0.15) is 19.3 Å². The molecule has 1 aliphatic heterocycles. The third-order valence-electron chi connectivity index (χ3n) is 2.90. The number of hydrogen-bond acceptors (Lipinski definition) is 4. The van der Waals surface area contributed by atoms with Gasteiger partial charge in [0.2, 0.25) is 15.9 Å². The van der Waals surface area contributed by atoms with Crippen LogP contribution in [-0.4, -0.2) is 38.9 Å². The van der Waals surface area contributed by atoms with Gasteiger partial charge in [-0.2, -0.15) is 0 Å². The van der Waals surface area contributed by atoms with E-state index in [2.05, 4.69) is 20.7 Å². The van der Waals surface area contributed by atoms with Gasteiger partial charge in [0.15, 0.2) is 0 Å². The first-order chi connectivity index (χ1) is 8.99. The van der Waals surface area contributed by atoms with E-state index in [1.54, 1.807) is 17.0 Å². The Morgan fingerprint density at radius 3 is 2.63 bits per heavy atom. The van der Waals surface area contributed by atoms with Crippen LogP contribution < -0.4 is 4.72 Å². The number of carbonyl (C=O) groups excluding carboxylic acids is 1. The molecule has 0 spiro atoms. The van der Waals surface area contributed by atoms with Crippen molar-refractivity contribution in [1.29, 1.82) is 0 Å². The van der Waals surface area contributed by atoms with Crippen LogP contribution in [0.4, 0.5) is 0 Å². The van der Waals surface area contributed by atoms with Gasteiger partial charge in [-0.05, 0) is 40.9 Å². The molecule has 0 aliphatic carbocycles. The Hall–Kier alpha value is -0.440. The number of nitrogens with zero attached hydrogens (tertiary/aromatic N) is 1. The van der Waals surface area contributed by atoms with Crippen molar-refractivity contribution in [2.24, 2.45) is 0 Å². The van der Waals surface area contributed by atoms with E-state index in [1.165, 1.54) is 0 Å². The van der Waals surface area contributed by atoms with Crippen LogP contribution in [0.5, 0.6) is 0 Å². The van der Waals surface area contributed by atoms with E-state index in [0.717, 1.165) is 41.1 Å². The van der Waals surface area contributed by atoms with Gasteiger partial charge in [0.1, 0.15) is 4.21 Å². The molecule has 1 fully saturated rings. The van der Waals surface area contributed by atoms with Crippen molar-refractivity contribution in [1.82, 2.24) is 9.62 Å². The van der Waals surface area contributed by atoms with Gasteiger partial charge in [0.25, 0.3) is 0 Å². The molecule has 1 aliphatic rings. The first kappa shape index (κ1) is 15.0. The molecule has 0 aromatic carbocycles. The van der Waals surface area contributed by atoms with Gasteiger partial charge in [-0.3, -0.25) is 4.79 Å². The van der Waals surface area contributed by atoms with Gasteiger partial charge >= 0.3 is 0 Å². The lowest BCUT2D eigenvalue weighted by atomic mass is 10.4. The van der Waals surface area contributed by atoms with Crippen LogP contribution in [0.2, 0.25) is 0 Å². The number of hydrogen-bond donors (Lipinski definition) is 1. The number of amides is 1. The summed E-state index contributed by atoms with van der Waals surface area (Å²) in [5.41, 5.74) is 0. The molecule has 8 heteroatoms. The van der Waals surface area contributed by atoms with Crippen LogP contribution in [-0.2, 0) is 14.8 Å². The van der Waals surface area contributed by atoms with Crippen molar-refractivity contribution < 1.29 is 13.2 Å². The van der Waals surface area contributed by atoms with E-state index in [1.807, 2.05) is 0 Å². The van der Waals surface area contributed by atoms with Crippen LogP contribution in [0.15, 0.2) is 20.1 Å². The van der Waals surface area contributed by atoms with E-state index in [0.29, 0.717) is 0 Å². The lowest BCUT2D eigenvalue weighted by molar-refractivity contribution is -0.129. The third-order valence-corrected chi connectivity index (χ3v) is 6.48. The lowest BCUT2D eigenvalue weighted by Crippen LogP contribution is -2.32. The number of likely N-dealkylation sites (tertiary alicyclic amines) is 1. The SMILES string of the molecule is O=C(CCNS(=O)(=O)c1ccc(Br)s1)N1CCCC1. The number of thiophene rings is 1. The second-order valence-corrected chi connectivity index (χ2v) is 8.75. The molecule has 0 radical (unpaired) electrons. The van der Waals surface area contributed by atoms with E-state index < -0.39 is 10.0 Å². The van der Waals surface area contributed by atoms with Crippen molar-refractivity contribution in [3.8, 4) is 0 Å². The number of nitrogens with one attached hydrogen (secondary N) is 1. The zero-order valence-electron chi connectivity index (χ0n) is 10.3. The second kappa shape index (κ2) is 6.34. The van der Waals surface area contributed by atoms with Crippen molar-refractivity contribution in [2.45, 2.75) is 23.5 Å². The summed E-state index contributed by atoms with van der Waals surface area (Å²) in [6.45, 7) is 1.74. The summed E-state index contributed by atoms with van der Waals surface area (Å²) in [7, 11) is -3.49. The molecule has 1 amide bonds. The molecule has 0 atom stereocenters. The number of sulfonamides is 1. The number of carbonyl (C=O) groups is 1. The monoisotopic (exact) mass is 366 g/mol. The van der Waals surface area contributed by atoms with Gasteiger partial charge in [-0.25, -0.2) is 13.1 Å². The Bertz CT molecular complexity index is 550. The maximum absolute atomic E-state index is 11.9. The Labute approximate surface area is 125 Å². The number of halogens is 1. The summed E-state index contributed by atoms with van der Waals surface area (Å²) >= 11 is 4.38. The Kier molecular flexibility index (Phi) is 4.99. The van der Waals surface area contributed by atoms with E-state index >= 15 is 0 Å². The lowest BCUT2D eigenvalue weighted by Gasteiger charge is -2.14. The van der Waals surface area contributed by atoms with Crippen molar-refractivity contribution in [2.75, 3.05) is 19.6 Å². The topological polar surface area (TPSA) is 66.5 Å². The minimum atomic E-state index is -3.49. The summed E-state index contributed by atoms with van der Waals surface area (Å²) in [6.07, 6.45) is 2.30. The average Bonchev–Trinajstić information content (AvgIpc) is 2.99. The molecule has 0 unspecified atom stereocenters. The molecule has 0 bridgehead atoms. The van der Waals surface area contributed by atoms with E-state index in [-0.39, 0.29) is 23.1 Å². The Morgan fingerprint density at radius 2 is 2.05 bits per heavy atom. The maximum Gasteiger partial charge on any atom is 0.250 e. The van der Waals surface area contributed by atoms with Crippen LogP contribution in [0.3, 0.4) is 0 Å². The molecule has 106 valence electrons. The normalized spacial score (nSPS) is 15.9. The van der Waals surface area contributed by atoms with E-state index in [4.69, 9.17) is 0 Å². The quantitative estimate of drug-likeness (QED) is 0.863. The van der Waals surface area contributed by atoms with Gasteiger partial charge in [-0.1, -0.05) is 0 Å². The molecule has 5 nitrogen and oxygen atoms in total. The molecule has 2 rings (SSSR count). The highest BCUT2D eigenvalue weighted by atomic mass is 79.9. The van der Waals surface area contributed by atoms with Crippen LogP contribution >= 0.6 is 27.3 Å². The third kappa shape index (κ3) is 4.01. The Morgan fingerprint density at radius 1 is 1.37 bits per heavy atom. The minimum absolute atomic E-state index is 0.0209. The molecule has 0 saturated carbocycles. The predicted octanol–water partition coefficient (Wildman–Crippen LogP) is 1.80. The smallest absolute Gasteiger partial charge is 0.250 e. The standard InChI is InChI=1S/C11H15BrN2O3S2/c12-9-3-4-11(18-9)19(16,17)13-6-5-10(15)14-7-1-2-8-14/h3-4,13H,1-2,5-8H2. The number of rotatable bonds is 5.